The zero-order chi connectivity index (χ0) is 10.7. The molecule has 0 radical (unpaired) electrons. The van der Waals surface area contributed by atoms with Crippen LogP contribution < -0.4 is 5.32 Å². The Labute approximate surface area is 96.7 Å². The Bertz CT molecular complexity index is 411. The highest BCUT2D eigenvalue weighted by Crippen LogP contribution is 2.18. The molecule has 0 fully saturated rings. The van der Waals surface area contributed by atoms with Crippen LogP contribution in [-0.4, -0.2) is 15.0 Å². The molecule has 4 nitrogen and oxygen atoms in total. The van der Waals surface area contributed by atoms with Crippen LogP contribution in [0.25, 0.3) is 0 Å². The van der Waals surface area contributed by atoms with E-state index in [0.717, 1.165) is 15.2 Å². The van der Waals surface area contributed by atoms with Crippen molar-refractivity contribution in [3.8, 4) is 0 Å². The SMILES string of the molecule is CC(NCc1ncc(Cl)s1)c1ncc[nH]1. The Morgan fingerprint density at radius 2 is 2.47 bits per heavy atom. The Hall–Kier alpha value is -0.910. The smallest absolute Gasteiger partial charge is 0.122 e. The molecule has 6 heteroatoms. The lowest BCUT2D eigenvalue weighted by molar-refractivity contribution is 0.549. The number of nitrogens with zero attached hydrogens (tertiary/aromatic N) is 2. The molecule has 1 atom stereocenters. The Balaban J connectivity index is 1.88. The van der Waals surface area contributed by atoms with Crippen molar-refractivity contribution in [2.24, 2.45) is 0 Å². The second kappa shape index (κ2) is 4.74. The first-order chi connectivity index (χ1) is 7.25. The normalized spacial score (nSPS) is 12.9. The number of nitrogens with one attached hydrogen (secondary N) is 2. The molecule has 80 valence electrons. The standard InChI is InChI=1S/C9H11ClN4S/c1-6(9-11-2-3-12-9)13-5-8-14-4-7(10)15-8/h2-4,6,13H,5H2,1H3,(H,11,12). The number of thiazole rings is 1. The molecule has 2 N–H and O–H groups in total. The molecule has 2 aromatic rings. The third-order valence-corrected chi connectivity index (χ3v) is 3.13. The van der Waals surface area contributed by atoms with Crippen LogP contribution in [0.15, 0.2) is 18.6 Å². The topological polar surface area (TPSA) is 53.6 Å². The van der Waals surface area contributed by atoms with Gasteiger partial charge in [0, 0.05) is 18.9 Å². The van der Waals surface area contributed by atoms with Crippen LogP contribution in [0.1, 0.15) is 23.8 Å². The van der Waals surface area contributed by atoms with Gasteiger partial charge in [-0.1, -0.05) is 11.6 Å². The van der Waals surface area contributed by atoms with Crippen LogP contribution in [0.3, 0.4) is 0 Å². The van der Waals surface area contributed by atoms with Gasteiger partial charge in [0.05, 0.1) is 12.2 Å². The van der Waals surface area contributed by atoms with Gasteiger partial charge >= 0.3 is 0 Å². The van der Waals surface area contributed by atoms with Gasteiger partial charge in [0.1, 0.15) is 15.2 Å². The van der Waals surface area contributed by atoms with E-state index in [4.69, 9.17) is 11.6 Å². The van der Waals surface area contributed by atoms with E-state index >= 15 is 0 Å². The number of H-pyrrole nitrogens is 1. The molecule has 1 unspecified atom stereocenters. The molecule has 2 heterocycles. The monoisotopic (exact) mass is 242 g/mol. The van der Waals surface area contributed by atoms with E-state index in [1.54, 1.807) is 12.4 Å². The van der Waals surface area contributed by atoms with Crippen molar-refractivity contribution in [1.82, 2.24) is 20.3 Å². The molecule has 2 rings (SSSR count). The van der Waals surface area contributed by atoms with E-state index in [9.17, 15) is 0 Å². The highest BCUT2D eigenvalue weighted by Gasteiger charge is 2.07. The van der Waals surface area contributed by atoms with E-state index in [2.05, 4.69) is 20.3 Å². The summed E-state index contributed by atoms with van der Waals surface area (Å²) in [6.07, 6.45) is 5.22. The molecule has 0 amide bonds. The summed E-state index contributed by atoms with van der Waals surface area (Å²) in [6, 6.07) is 0.183. The third-order valence-electron chi connectivity index (χ3n) is 2.01. The predicted molar refractivity (Wildman–Crippen MR) is 61.0 cm³/mol. The van der Waals surface area contributed by atoms with Crippen LogP contribution in [-0.2, 0) is 6.54 Å². The van der Waals surface area contributed by atoms with Gasteiger partial charge < -0.3 is 10.3 Å². The minimum absolute atomic E-state index is 0.183. The van der Waals surface area contributed by atoms with E-state index < -0.39 is 0 Å². The minimum Gasteiger partial charge on any atom is -0.347 e. The molecule has 15 heavy (non-hydrogen) atoms. The van der Waals surface area contributed by atoms with Gasteiger partial charge in [0.2, 0.25) is 0 Å². The van der Waals surface area contributed by atoms with Crippen molar-refractivity contribution >= 4 is 22.9 Å². The summed E-state index contributed by atoms with van der Waals surface area (Å²) in [5.41, 5.74) is 0. The fraction of sp³-hybridized carbons (Fsp3) is 0.333. The van der Waals surface area contributed by atoms with Gasteiger partial charge in [-0.2, -0.15) is 0 Å². The Morgan fingerprint density at radius 3 is 3.07 bits per heavy atom. The van der Waals surface area contributed by atoms with Crippen molar-refractivity contribution in [3.05, 3.63) is 33.8 Å². The van der Waals surface area contributed by atoms with Crippen LogP contribution in [0.5, 0.6) is 0 Å². The van der Waals surface area contributed by atoms with E-state index in [1.165, 1.54) is 11.3 Å². The fourth-order valence-corrected chi connectivity index (χ4v) is 2.13. The molecule has 0 aromatic carbocycles. The number of halogens is 1. The lowest BCUT2D eigenvalue weighted by Gasteiger charge is -2.09. The Kier molecular flexibility index (Phi) is 3.35. The molecule has 0 aliphatic rings. The first kappa shape index (κ1) is 10.6. The lowest BCUT2D eigenvalue weighted by atomic mass is 10.3. The van der Waals surface area contributed by atoms with Gasteiger partial charge in [-0.25, -0.2) is 9.97 Å². The molecular formula is C9H11ClN4S. The molecule has 0 spiro atoms. The summed E-state index contributed by atoms with van der Waals surface area (Å²) in [6.45, 7) is 2.76. The van der Waals surface area contributed by atoms with E-state index in [-0.39, 0.29) is 6.04 Å². The van der Waals surface area contributed by atoms with Gasteiger partial charge in [0.25, 0.3) is 0 Å². The fourth-order valence-electron chi connectivity index (χ4n) is 1.22. The van der Waals surface area contributed by atoms with Crippen molar-refractivity contribution in [1.29, 1.82) is 0 Å². The number of rotatable bonds is 4. The quantitative estimate of drug-likeness (QED) is 0.866. The van der Waals surface area contributed by atoms with Crippen LogP contribution >= 0.6 is 22.9 Å². The minimum atomic E-state index is 0.183. The molecule has 0 aliphatic carbocycles. The number of imidazole rings is 1. The highest BCUT2D eigenvalue weighted by molar-refractivity contribution is 7.15. The maximum Gasteiger partial charge on any atom is 0.122 e. The molecular weight excluding hydrogens is 232 g/mol. The van der Waals surface area contributed by atoms with Gasteiger partial charge in [-0.05, 0) is 6.92 Å². The predicted octanol–water partition coefficient (Wildman–Crippen LogP) is 2.37. The first-order valence-electron chi connectivity index (χ1n) is 4.58. The van der Waals surface area contributed by atoms with E-state index in [0.29, 0.717) is 6.54 Å². The molecule has 2 aromatic heterocycles. The van der Waals surface area contributed by atoms with Crippen LogP contribution in [0.4, 0.5) is 0 Å². The average Bonchev–Trinajstić information content (AvgIpc) is 2.84. The van der Waals surface area contributed by atoms with E-state index in [1.807, 2.05) is 13.1 Å². The second-order valence-corrected chi connectivity index (χ2v) is 4.88. The summed E-state index contributed by atoms with van der Waals surface area (Å²) in [5.74, 6) is 0.928. The van der Waals surface area contributed by atoms with Gasteiger partial charge in [-0.15, -0.1) is 11.3 Å². The molecule has 0 saturated carbocycles. The largest absolute Gasteiger partial charge is 0.347 e. The van der Waals surface area contributed by atoms with Crippen molar-refractivity contribution < 1.29 is 0 Å². The van der Waals surface area contributed by atoms with Gasteiger partial charge in [-0.3, -0.25) is 0 Å². The maximum atomic E-state index is 5.78. The second-order valence-electron chi connectivity index (χ2n) is 3.14. The molecule has 0 saturated heterocycles. The maximum absolute atomic E-state index is 5.78. The van der Waals surface area contributed by atoms with Crippen LogP contribution in [0.2, 0.25) is 4.34 Å². The highest BCUT2D eigenvalue weighted by atomic mass is 35.5. The lowest BCUT2D eigenvalue weighted by Crippen LogP contribution is -2.18. The number of hydrogen-bond donors (Lipinski definition) is 2. The molecule has 0 aliphatic heterocycles. The summed E-state index contributed by atoms with van der Waals surface area (Å²) in [7, 11) is 0. The summed E-state index contributed by atoms with van der Waals surface area (Å²) < 4.78 is 0.720. The van der Waals surface area contributed by atoms with Crippen molar-refractivity contribution in [2.45, 2.75) is 19.5 Å². The number of aromatic nitrogens is 3. The van der Waals surface area contributed by atoms with Crippen LogP contribution in [0, 0.1) is 0 Å². The number of hydrogen-bond acceptors (Lipinski definition) is 4. The van der Waals surface area contributed by atoms with Crippen molar-refractivity contribution in [3.63, 3.8) is 0 Å². The number of aromatic amines is 1. The summed E-state index contributed by atoms with van der Waals surface area (Å²) >= 11 is 7.27. The van der Waals surface area contributed by atoms with Gasteiger partial charge in [0.15, 0.2) is 0 Å². The summed E-state index contributed by atoms with van der Waals surface area (Å²) in [4.78, 5) is 11.4. The Morgan fingerprint density at radius 1 is 1.60 bits per heavy atom. The molecule has 0 bridgehead atoms. The van der Waals surface area contributed by atoms with Crippen molar-refractivity contribution in [2.75, 3.05) is 0 Å². The first-order valence-corrected chi connectivity index (χ1v) is 5.78. The summed E-state index contributed by atoms with van der Waals surface area (Å²) in [5, 5.41) is 4.29. The zero-order valence-electron chi connectivity index (χ0n) is 8.20. The average molecular weight is 243 g/mol. The third kappa shape index (κ3) is 2.77. The zero-order valence-corrected chi connectivity index (χ0v) is 9.77.